The molecule has 0 saturated heterocycles. The number of aromatic carboxylic acids is 1. The maximum atomic E-state index is 11.4. The van der Waals surface area contributed by atoms with Gasteiger partial charge in [0.25, 0.3) is 0 Å². The fraction of sp³-hybridized carbons (Fsp3) is 0.0556. The fourth-order valence-electron chi connectivity index (χ4n) is 2.89. The van der Waals surface area contributed by atoms with Crippen molar-refractivity contribution >= 4 is 70.3 Å². The zero-order valence-electron chi connectivity index (χ0n) is 12.3. The van der Waals surface area contributed by atoms with Gasteiger partial charge in [0, 0.05) is 26.3 Å². The second kappa shape index (κ2) is 6.02. The fourth-order valence-corrected chi connectivity index (χ4v) is 4.59. The maximum Gasteiger partial charge on any atom is 0.345 e. The molecule has 0 spiro atoms. The lowest BCUT2D eigenvalue weighted by atomic mass is 10.2. The van der Waals surface area contributed by atoms with Gasteiger partial charge in [-0.1, -0.05) is 30.3 Å². The van der Waals surface area contributed by atoms with Crippen molar-refractivity contribution in [2.24, 2.45) is 0 Å². The lowest BCUT2D eigenvalue weighted by molar-refractivity contribution is 0.0702. The molecule has 120 valence electrons. The van der Waals surface area contributed by atoms with Gasteiger partial charge in [-0.25, -0.2) is 4.79 Å². The van der Waals surface area contributed by atoms with E-state index in [0.717, 1.165) is 30.1 Å². The number of aromatic nitrogens is 1. The molecule has 0 amide bonds. The molecule has 0 fully saturated rings. The lowest BCUT2D eigenvalue weighted by Gasteiger charge is -2.07. The summed E-state index contributed by atoms with van der Waals surface area (Å²) in [5, 5.41) is 11.4. The second-order valence-corrected chi connectivity index (χ2v) is 8.23. The van der Waals surface area contributed by atoms with Gasteiger partial charge in [0.2, 0.25) is 0 Å². The predicted molar refractivity (Wildman–Crippen MR) is 105 cm³/mol. The third-order valence-corrected chi connectivity index (χ3v) is 6.96. The van der Waals surface area contributed by atoms with Crippen LogP contribution in [0.15, 0.2) is 57.5 Å². The van der Waals surface area contributed by atoms with Crippen molar-refractivity contribution < 1.29 is 9.90 Å². The quantitative estimate of drug-likeness (QED) is 0.396. The highest BCUT2D eigenvalue weighted by Gasteiger charge is 2.18. The van der Waals surface area contributed by atoms with Crippen molar-refractivity contribution in [1.29, 1.82) is 0 Å². The Labute approximate surface area is 158 Å². The van der Waals surface area contributed by atoms with E-state index in [0.29, 0.717) is 11.4 Å². The number of halogens is 2. The zero-order chi connectivity index (χ0) is 16.8. The van der Waals surface area contributed by atoms with E-state index in [9.17, 15) is 9.90 Å². The average Bonchev–Trinajstić information content (AvgIpc) is 3.10. The predicted octanol–water partition coefficient (Wildman–Crippen LogP) is 6.13. The van der Waals surface area contributed by atoms with Crippen molar-refractivity contribution in [3.05, 3.63) is 67.9 Å². The van der Waals surface area contributed by atoms with Gasteiger partial charge < -0.3 is 9.67 Å². The van der Waals surface area contributed by atoms with Gasteiger partial charge in [-0.05, 0) is 55.6 Å². The Morgan fingerprint density at radius 3 is 2.46 bits per heavy atom. The van der Waals surface area contributed by atoms with Gasteiger partial charge in [-0.15, -0.1) is 11.3 Å². The van der Waals surface area contributed by atoms with E-state index < -0.39 is 5.97 Å². The Morgan fingerprint density at radius 2 is 1.75 bits per heavy atom. The molecule has 4 aromatic rings. The molecule has 1 N–H and O–H groups in total. The highest BCUT2D eigenvalue weighted by atomic mass is 79.9. The summed E-state index contributed by atoms with van der Waals surface area (Å²) < 4.78 is 4.12. The third-order valence-electron chi connectivity index (χ3n) is 3.97. The van der Waals surface area contributed by atoms with Crippen LogP contribution in [0.1, 0.15) is 15.2 Å². The van der Waals surface area contributed by atoms with E-state index in [1.807, 2.05) is 24.3 Å². The summed E-state index contributed by atoms with van der Waals surface area (Å²) in [6.45, 7) is 0.703. The minimum absolute atomic E-state index is 0.364. The van der Waals surface area contributed by atoms with Crippen LogP contribution < -0.4 is 0 Å². The molecule has 0 saturated carbocycles. The summed E-state index contributed by atoms with van der Waals surface area (Å²) >= 11 is 8.43. The zero-order valence-corrected chi connectivity index (χ0v) is 16.3. The first kappa shape index (κ1) is 15.9. The van der Waals surface area contributed by atoms with E-state index in [1.54, 1.807) is 6.07 Å². The van der Waals surface area contributed by atoms with Crippen LogP contribution in [0.5, 0.6) is 0 Å². The Bertz CT molecular complexity index is 1080. The molecule has 24 heavy (non-hydrogen) atoms. The summed E-state index contributed by atoms with van der Waals surface area (Å²) in [5.41, 5.74) is 2.27. The Balaban J connectivity index is 2.03. The minimum Gasteiger partial charge on any atom is -0.477 e. The van der Waals surface area contributed by atoms with Gasteiger partial charge in [-0.3, -0.25) is 0 Å². The van der Waals surface area contributed by atoms with Crippen molar-refractivity contribution in [2.75, 3.05) is 0 Å². The Hall–Kier alpha value is -1.63. The molecule has 0 aliphatic rings. The number of benzene rings is 2. The molecule has 6 heteroatoms. The molecule has 3 nitrogen and oxygen atoms in total. The van der Waals surface area contributed by atoms with Crippen LogP contribution in [-0.2, 0) is 6.54 Å². The largest absolute Gasteiger partial charge is 0.477 e. The highest BCUT2D eigenvalue weighted by Crippen LogP contribution is 2.39. The number of thiophene rings is 1. The number of carbonyl (C=O) groups is 1. The molecule has 2 aromatic carbocycles. The standard InChI is InChI=1S/C18H11Br2NO2S/c19-13-6-11-12-7-16(18(22)23)24-17(12)21(15(11)8-14(13)20)9-10-4-2-1-3-5-10/h1-8H,9H2,(H,22,23). The van der Waals surface area contributed by atoms with Crippen molar-refractivity contribution in [2.45, 2.75) is 6.54 Å². The van der Waals surface area contributed by atoms with E-state index in [1.165, 1.54) is 16.9 Å². The van der Waals surface area contributed by atoms with Gasteiger partial charge in [-0.2, -0.15) is 0 Å². The molecule has 0 unspecified atom stereocenters. The third kappa shape index (κ3) is 2.59. The van der Waals surface area contributed by atoms with Crippen LogP contribution in [0, 0.1) is 0 Å². The Morgan fingerprint density at radius 1 is 1.04 bits per heavy atom. The van der Waals surface area contributed by atoms with E-state index in [-0.39, 0.29) is 0 Å². The molecular formula is C18H11Br2NO2S. The summed E-state index contributed by atoms with van der Waals surface area (Å²) in [7, 11) is 0. The maximum absolute atomic E-state index is 11.4. The monoisotopic (exact) mass is 463 g/mol. The van der Waals surface area contributed by atoms with Crippen LogP contribution >= 0.6 is 43.2 Å². The van der Waals surface area contributed by atoms with Gasteiger partial charge in [0.1, 0.15) is 9.71 Å². The second-order valence-electron chi connectivity index (χ2n) is 5.49. The van der Waals surface area contributed by atoms with Gasteiger partial charge in [0.05, 0.1) is 5.52 Å². The van der Waals surface area contributed by atoms with Crippen LogP contribution in [0.25, 0.3) is 21.1 Å². The topological polar surface area (TPSA) is 42.2 Å². The van der Waals surface area contributed by atoms with E-state index in [2.05, 4.69) is 54.6 Å². The number of rotatable bonds is 3. The first-order valence-corrected chi connectivity index (χ1v) is 9.63. The molecule has 0 atom stereocenters. The van der Waals surface area contributed by atoms with Gasteiger partial charge in [0.15, 0.2) is 0 Å². The summed E-state index contributed by atoms with van der Waals surface area (Å²) in [4.78, 5) is 12.7. The van der Waals surface area contributed by atoms with Crippen LogP contribution in [0.4, 0.5) is 0 Å². The highest BCUT2D eigenvalue weighted by molar-refractivity contribution is 9.13. The normalized spacial score (nSPS) is 11.4. The number of carboxylic acid groups (broad SMARTS) is 1. The SMILES string of the molecule is O=C(O)c1cc2c3cc(Br)c(Br)cc3n(Cc3ccccc3)c2s1. The van der Waals surface area contributed by atoms with Crippen LogP contribution in [0.3, 0.4) is 0 Å². The lowest BCUT2D eigenvalue weighted by Crippen LogP contribution is -1.98. The number of hydrogen-bond acceptors (Lipinski definition) is 2. The number of nitrogens with zero attached hydrogens (tertiary/aromatic N) is 1. The van der Waals surface area contributed by atoms with Gasteiger partial charge >= 0.3 is 5.97 Å². The van der Waals surface area contributed by atoms with Crippen molar-refractivity contribution in [3.8, 4) is 0 Å². The number of carboxylic acids is 1. The minimum atomic E-state index is -0.883. The molecule has 0 radical (unpaired) electrons. The van der Waals surface area contributed by atoms with Crippen LogP contribution in [-0.4, -0.2) is 15.6 Å². The average molecular weight is 465 g/mol. The van der Waals surface area contributed by atoms with E-state index >= 15 is 0 Å². The molecular weight excluding hydrogens is 454 g/mol. The number of fused-ring (bicyclic) bond motifs is 3. The molecule has 2 aromatic heterocycles. The first-order valence-electron chi connectivity index (χ1n) is 7.22. The molecule has 0 bridgehead atoms. The molecule has 4 rings (SSSR count). The summed E-state index contributed by atoms with van der Waals surface area (Å²) in [6, 6.07) is 16.1. The van der Waals surface area contributed by atoms with Crippen LogP contribution in [0.2, 0.25) is 0 Å². The first-order chi connectivity index (χ1) is 11.5. The number of hydrogen-bond donors (Lipinski definition) is 1. The molecule has 0 aliphatic carbocycles. The van der Waals surface area contributed by atoms with E-state index in [4.69, 9.17) is 0 Å². The summed E-state index contributed by atoms with van der Waals surface area (Å²) in [5.74, 6) is -0.883. The van der Waals surface area contributed by atoms with Crippen molar-refractivity contribution in [1.82, 2.24) is 4.57 Å². The smallest absolute Gasteiger partial charge is 0.345 e. The molecule has 2 heterocycles. The Kier molecular flexibility index (Phi) is 3.98. The molecule has 0 aliphatic heterocycles. The summed E-state index contributed by atoms with van der Waals surface area (Å²) in [6.07, 6.45) is 0. The van der Waals surface area contributed by atoms with Crippen molar-refractivity contribution in [3.63, 3.8) is 0 Å².